The number of carbonyl (C=O) groups is 1. The molecule has 1 unspecified atom stereocenters. The number of nitrogens with one attached hydrogen (secondary N) is 1. The van der Waals surface area contributed by atoms with E-state index in [-0.39, 0.29) is 17.6 Å². The van der Waals surface area contributed by atoms with Crippen LogP contribution < -0.4 is 4.74 Å². The topological polar surface area (TPSA) is 55.0 Å². The minimum absolute atomic E-state index is 0.0643. The van der Waals surface area contributed by atoms with Crippen LogP contribution in [0.1, 0.15) is 50.0 Å². The Kier molecular flexibility index (Phi) is 4.58. The van der Waals surface area contributed by atoms with Crippen LogP contribution in [0.4, 0.5) is 0 Å². The molecule has 0 saturated heterocycles. The van der Waals surface area contributed by atoms with Crippen molar-refractivity contribution in [1.82, 2.24) is 9.97 Å². The molecule has 0 aliphatic heterocycles. The Morgan fingerprint density at radius 1 is 0.818 bits per heavy atom. The van der Waals surface area contributed by atoms with Crippen molar-refractivity contribution >= 4 is 16.8 Å². The average Bonchev–Trinajstić information content (AvgIpc) is 3.30. The van der Waals surface area contributed by atoms with Crippen molar-refractivity contribution in [1.29, 1.82) is 0 Å². The van der Waals surface area contributed by atoms with E-state index in [9.17, 15) is 4.79 Å². The minimum atomic E-state index is -0.0884. The number of carbonyl (C=O) groups excluding carboxylic acids is 1. The highest BCUT2D eigenvalue weighted by Crippen LogP contribution is 2.50. The number of aromatic amines is 1. The number of aromatic nitrogens is 2. The molecule has 1 N–H and O–H groups in total. The third kappa shape index (κ3) is 2.99. The second-order valence-electron chi connectivity index (χ2n) is 8.34. The highest BCUT2D eigenvalue weighted by molar-refractivity contribution is 6.13. The molecule has 0 amide bonds. The summed E-state index contributed by atoms with van der Waals surface area (Å²) < 4.78 is 5.83. The number of rotatable bonds is 4. The van der Waals surface area contributed by atoms with Crippen molar-refractivity contribution in [2.75, 3.05) is 7.11 Å². The molecule has 4 heteroatoms. The first kappa shape index (κ1) is 19.5. The lowest BCUT2D eigenvalue weighted by Gasteiger charge is -2.34. The predicted molar refractivity (Wildman–Crippen MR) is 129 cm³/mol. The van der Waals surface area contributed by atoms with Crippen LogP contribution in [0.25, 0.3) is 11.0 Å². The molecule has 1 aliphatic carbocycles. The third-order valence-electron chi connectivity index (χ3n) is 6.71. The van der Waals surface area contributed by atoms with Gasteiger partial charge >= 0.3 is 0 Å². The molecule has 0 fully saturated rings. The molecular weight excluding hydrogens is 408 g/mol. The number of nitrogens with zero attached hydrogens (tertiary/aromatic N) is 1. The van der Waals surface area contributed by atoms with Gasteiger partial charge in [-0.05, 0) is 34.9 Å². The zero-order valence-corrected chi connectivity index (χ0v) is 18.2. The Hall–Kier alpha value is -4.18. The van der Waals surface area contributed by atoms with E-state index in [4.69, 9.17) is 4.74 Å². The number of benzene rings is 3. The largest absolute Gasteiger partial charge is 0.496 e. The summed E-state index contributed by atoms with van der Waals surface area (Å²) in [7, 11) is 1.71. The van der Waals surface area contributed by atoms with Gasteiger partial charge in [-0.15, -0.1) is 0 Å². The van der Waals surface area contributed by atoms with Gasteiger partial charge in [0.15, 0.2) is 5.78 Å². The van der Waals surface area contributed by atoms with E-state index in [2.05, 4.69) is 40.4 Å². The van der Waals surface area contributed by atoms with E-state index >= 15 is 0 Å². The van der Waals surface area contributed by atoms with Crippen LogP contribution in [-0.2, 0) is 0 Å². The highest BCUT2D eigenvalue weighted by atomic mass is 16.5. The molecule has 33 heavy (non-hydrogen) atoms. The lowest BCUT2D eigenvalue weighted by molar-refractivity contribution is 0.103. The summed E-state index contributed by atoms with van der Waals surface area (Å²) in [6.45, 7) is 0. The van der Waals surface area contributed by atoms with Gasteiger partial charge in [0.25, 0.3) is 0 Å². The summed E-state index contributed by atoms with van der Waals surface area (Å²) in [4.78, 5) is 21.3. The van der Waals surface area contributed by atoms with Crippen molar-refractivity contribution in [3.05, 3.63) is 131 Å². The summed E-state index contributed by atoms with van der Waals surface area (Å²) in [5, 5.41) is 1.07. The first-order valence-electron chi connectivity index (χ1n) is 11.1. The second kappa shape index (κ2) is 7.75. The lowest BCUT2D eigenvalue weighted by atomic mass is 9.67. The quantitative estimate of drug-likeness (QED) is 0.376. The summed E-state index contributed by atoms with van der Waals surface area (Å²) in [6.07, 6.45) is 3.85. The number of para-hydroxylation sites is 1. The number of fused-ring (bicyclic) bond motifs is 3. The molecule has 6 rings (SSSR count). The Bertz CT molecular complexity index is 1450. The number of hydrogen-bond acceptors (Lipinski definition) is 3. The molecule has 0 saturated carbocycles. The van der Waals surface area contributed by atoms with Crippen LogP contribution in [0, 0.1) is 0 Å². The first-order chi connectivity index (χ1) is 16.3. The van der Waals surface area contributed by atoms with E-state index in [1.54, 1.807) is 13.3 Å². The Morgan fingerprint density at radius 3 is 2.21 bits per heavy atom. The molecule has 5 aromatic rings. The predicted octanol–water partition coefficient (Wildman–Crippen LogP) is 6.08. The fraction of sp³-hybridized carbons (Fsp3) is 0.103. The van der Waals surface area contributed by atoms with E-state index in [0.717, 1.165) is 50.2 Å². The van der Waals surface area contributed by atoms with E-state index < -0.39 is 0 Å². The van der Waals surface area contributed by atoms with Gasteiger partial charge in [-0.1, -0.05) is 66.7 Å². The van der Waals surface area contributed by atoms with Crippen LogP contribution in [-0.4, -0.2) is 22.9 Å². The van der Waals surface area contributed by atoms with Crippen molar-refractivity contribution in [3.63, 3.8) is 0 Å². The zero-order chi connectivity index (χ0) is 22.4. The second-order valence-corrected chi connectivity index (χ2v) is 8.34. The summed E-state index contributed by atoms with van der Waals surface area (Å²) >= 11 is 0. The number of H-pyrrole nitrogens is 1. The maximum Gasteiger partial charge on any atom is 0.193 e. The van der Waals surface area contributed by atoms with Gasteiger partial charge < -0.3 is 9.72 Å². The van der Waals surface area contributed by atoms with Gasteiger partial charge in [-0.2, -0.15) is 0 Å². The van der Waals surface area contributed by atoms with Crippen molar-refractivity contribution in [2.45, 2.75) is 11.8 Å². The lowest BCUT2D eigenvalue weighted by Crippen LogP contribution is -2.24. The van der Waals surface area contributed by atoms with Crippen molar-refractivity contribution in [2.24, 2.45) is 0 Å². The summed E-state index contributed by atoms with van der Waals surface area (Å²) in [5.41, 5.74) is 6.66. The SMILES string of the molecule is COc1ccccc1C(c1c[nH]c2ncccc12)C1c2ccccc2C(=O)c2ccccc21. The molecule has 0 radical (unpaired) electrons. The highest BCUT2D eigenvalue weighted by Gasteiger charge is 2.38. The van der Waals surface area contributed by atoms with Crippen LogP contribution in [0.2, 0.25) is 0 Å². The van der Waals surface area contributed by atoms with Crippen molar-refractivity contribution < 1.29 is 9.53 Å². The van der Waals surface area contributed by atoms with E-state index in [1.165, 1.54) is 0 Å². The fourth-order valence-electron chi connectivity index (χ4n) is 5.31. The number of pyridine rings is 1. The standard InChI is InChI=1S/C29H22N2O2/c1-33-25-15-7-6-13-23(25)27(24-17-31-29-22(24)14-8-16-30-29)26-18-9-2-4-11-20(18)28(32)21-12-5-3-10-19(21)26/h2-17,26-27H,1H3,(H,30,31). The molecule has 2 heterocycles. The van der Waals surface area contributed by atoms with Gasteiger partial charge in [0, 0.05) is 46.3 Å². The van der Waals surface area contributed by atoms with Crippen LogP contribution in [0.3, 0.4) is 0 Å². The number of hydrogen-bond donors (Lipinski definition) is 1. The third-order valence-corrected chi connectivity index (χ3v) is 6.71. The normalized spacial score (nSPS) is 14.0. The molecule has 4 nitrogen and oxygen atoms in total. The minimum Gasteiger partial charge on any atom is -0.496 e. The molecule has 3 aromatic carbocycles. The van der Waals surface area contributed by atoms with Gasteiger partial charge in [-0.3, -0.25) is 4.79 Å². The first-order valence-corrected chi connectivity index (χ1v) is 11.1. The van der Waals surface area contributed by atoms with E-state index in [0.29, 0.717) is 0 Å². The Morgan fingerprint density at radius 2 is 1.48 bits per heavy atom. The average molecular weight is 431 g/mol. The zero-order valence-electron chi connectivity index (χ0n) is 18.2. The summed E-state index contributed by atoms with van der Waals surface area (Å²) in [6, 6.07) is 28.2. The maximum atomic E-state index is 13.4. The van der Waals surface area contributed by atoms with Crippen molar-refractivity contribution in [3.8, 4) is 5.75 Å². The van der Waals surface area contributed by atoms with Crippen LogP contribution >= 0.6 is 0 Å². The number of ketones is 1. The molecular formula is C29H22N2O2. The van der Waals surface area contributed by atoms with Crippen LogP contribution in [0.15, 0.2) is 97.3 Å². The van der Waals surface area contributed by atoms with Gasteiger partial charge in [0.2, 0.25) is 0 Å². The smallest absolute Gasteiger partial charge is 0.193 e. The number of methoxy groups -OCH3 is 1. The molecule has 0 bridgehead atoms. The van der Waals surface area contributed by atoms with Gasteiger partial charge in [-0.25, -0.2) is 4.98 Å². The molecule has 2 aromatic heterocycles. The maximum absolute atomic E-state index is 13.4. The number of ether oxygens (including phenoxy) is 1. The Balaban J connectivity index is 1.70. The molecule has 1 atom stereocenters. The van der Waals surface area contributed by atoms with E-state index in [1.807, 2.05) is 60.7 Å². The van der Waals surface area contributed by atoms with Crippen LogP contribution in [0.5, 0.6) is 5.75 Å². The molecule has 0 spiro atoms. The van der Waals surface area contributed by atoms with Gasteiger partial charge in [0.05, 0.1) is 7.11 Å². The molecule has 1 aliphatic rings. The molecule has 160 valence electrons. The van der Waals surface area contributed by atoms with Gasteiger partial charge in [0.1, 0.15) is 11.4 Å². The fourth-order valence-corrected chi connectivity index (χ4v) is 5.31. The monoisotopic (exact) mass is 430 g/mol. The Labute approximate surface area is 191 Å². The summed E-state index contributed by atoms with van der Waals surface area (Å²) in [5.74, 6) is 0.754.